The van der Waals surface area contributed by atoms with Gasteiger partial charge in [-0.05, 0) is 63.7 Å². The van der Waals surface area contributed by atoms with Gasteiger partial charge in [-0.25, -0.2) is 22.9 Å². The largest absolute Gasteiger partial charge is 0.334 e. The van der Waals surface area contributed by atoms with Crippen LogP contribution >= 0.6 is 27.3 Å². The van der Waals surface area contributed by atoms with Crippen molar-refractivity contribution in [2.75, 3.05) is 5.32 Å². The molecule has 2 aromatic carbocycles. The average molecular weight is 480 g/mol. The lowest BCUT2D eigenvalue weighted by atomic mass is 9.95. The van der Waals surface area contributed by atoms with E-state index in [2.05, 4.69) is 26.2 Å². The first-order chi connectivity index (χ1) is 13.3. The molecular weight excluding hydrogens is 462 g/mol. The zero-order valence-corrected chi connectivity index (χ0v) is 18.4. The SMILES string of the molecule is CCc1cc(S(=O)(=O)NC(=O)Nc2ncc(Br)s2)ccc1-c1ccccc1C. The van der Waals surface area contributed by atoms with Crippen LogP contribution in [0.1, 0.15) is 18.1 Å². The molecule has 1 heterocycles. The molecule has 0 unspecified atom stereocenters. The van der Waals surface area contributed by atoms with Crippen LogP contribution in [0, 0.1) is 6.92 Å². The molecule has 1 aromatic heterocycles. The van der Waals surface area contributed by atoms with Gasteiger partial charge in [-0.2, -0.15) is 0 Å². The molecule has 0 aliphatic rings. The highest BCUT2D eigenvalue weighted by Gasteiger charge is 2.20. The number of rotatable bonds is 5. The Hall–Kier alpha value is -2.23. The number of sulfonamides is 1. The van der Waals surface area contributed by atoms with Crippen LogP contribution in [0.15, 0.2) is 57.3 Å². The predicted octanol–water partition coefficient (Wildman–Crippen LogP) is 4.95. The molecule has 2 N–H and O–H groups in total. The van der Waals surface area contributed by atoms with Crippen molar-refractivity contribution in [1.82, 2.24) is 9.71 Å². The molecule has 3 rings (SSSR count). The van der Waals surface area contributed by atoms with Gasteiger partial charge in [0.15, 0.2) is 5.13 Å². The van der Waals surface area contributed by atoms with Crippen molar-refractivity contribution >= 4 is 48.5 Å². The predicted molar refractivity (Wildman–Crippen MR) is 115 cm³/mol. The quantitative estimate of drug-likeness (QED) is 0.541. The molecule has 2 amide bonds. The van der Waals surface area contributed by atoms with E-state index in [0.29, 0.717) is 11.6 Å². The van der Waals surface area contributed by atoms with E-state index in [-0.39, 0.29) is 4.90 Å². The highest BCUT2D eigenvalue weighted by Crippen LogP contribution is 2.29. The van der Waals surface area contributed by atoms with Crippen molar-refractivity contribution in [3.05, 3.63) is 63.6 Å². The molecule has 0 radical (unpaired) electrons. The number of halogens is 1. The van der Waals surface area contributed by atoms with Crippen molar-refractivity contribution < 1.29 is 13.2 Å². The summed E-state index contributed by atoms with van der Waals surface area (Å²) in [6, 6.07) is 12.0. The number of hydrogen-bond acceptors (Lipinski definition) is 5. The Kier molecular flexibility index (Phi) is 6.17. The van der Waals surface area contributed by atoms with Crippen LogP contribution in [0.2, 0.25) is 0 Å². The second-order valence-corrected chi connectivity index (χ2v) is 10.1. The van der Waals surface area contributed by atoms with Crippen LogP contribution in [0.4, 0.5) is 9.93 Å². The van der Waals surface area contributed by atoms with Gasteiger partial charge in [0.25, 0.3) is 10.0 Å². The van der Waals surface area contributed by atoms with E-state index in [9.17, 15) is 13.2 Å². The van der Waals surface area contributed by atoms with E-state index in [1.165, 1.54) is 23.6 Å². The van der Waals surface area contributed by atoms with Crippen LogP contribution in [0.5, 0.6) is 0 Å². The first kappa shape index (κ1) is 20.5. The topological polar surface area (TPSA) is 88.2 Å². The second-order valence-electron chi connectivity index (χ2n) is 6.02. The molecule has 0 aliphatic heterocycles. The first-order valence-corrected chi connectivity index (χ1v) is 11.5. The molecule has 0 spiro atoms. The number of carbonyl (C=O) groups excluding carboxylic acids is 1. The van der Waals surface area contributed by atoms with Crippen molar-refractivity contribution in [3.8, 4) is 11.1 Å². The van der Waals surface area contributed by atoms with E-state index in [1.807, 2.05) is 42.8 Å². The number of aryl methyl sites for hydroxylation is 2. The van der Waals surface area contributed by atoms with Crippen LogP contribution < -0.4 is 10.0 Å². The number of thiazole rings is 1. The Morgan fingerprint density at radius 2 is 1.93 bits per heavy atom. The van der Waals surface area contributed by atoms with Crippen molar-refractivity contribution in [2.45, 2.75) is 25.2 Å². The fourth-order valence-electron chi connectivity index (χ4n) is 2.78. The lowest BCUT2D eigenvalue weighted by Gasteiger charge is -2.13. The Bertz CT molecular complexity index is 1130. The molecular formula is C19H18BrN3O3S2. The molecule has 0 aliphatic carbocycles. The standard InChI is InChI=1S/C19H18BrN3O3S2/c1-3-13-10-14(8-9-16(13)15-7-5-4-6-12(15)2)28(25,26)23-18(24)22-19-21-11-17(20)27-19/h4-11H,3H2,1-2H3,(H2,21,22,23,24). The van der Waals surface area contributed by atoms with Gasteiger partial charge < -0.3 is 0 Å². The van der Waals surface area contributed by atoms with Gasteiger partial charge >= 0.3 is 6.03 Å². The van der Waals surface area contributed by atoms with Gasteiger partial charge in [0.2, 0.25) is 0 Å². The molecule has 28 heavy (non-hydrogen) atoms. The molecule has 0 bridgehead atoms. The van der Waals surface area contributed by atoms with Gasteiger partial charge in [-0.3, -0.25) is 5.32 Å². The minimum absolute atomic E-state index is 0.0390. The minimum Gasteiger partial charge on any atom is -0.283 e. The molecule has 3 aromatic rings. The summed E-state index contributed by atoms with van der Waals surface area (Å²) in [4.78, 5) is 16.0. The molecule has 9 heteroatoms. The van der Waals surface area contributed by atoms with Gasteiger partial charge in [-0.1, -0.05) is 48.6 Å². The maximum atomic E-state index is 12.6. The molecule has 146 valence electrons. The second kappa shape index (κ2) is 8.42. The number of benzene rings is 2. The third-order valence-electron chi connectivity index (χ3n) is 4.13. The summed E-state index contributed by atoms with van der Waals surface area (Å²) in [5.74, 6) is 0. The monoisotopic (exact) mass is 479 g/mol. The lowest BCUT2D eigenvalue weighted by Crippen LogP contribution is -2.34. The fourth-order valence-corrected chi connectivity index (χ4v) is 4.84. The third kappa shape index (κ3) is 4.60. The zero-order chi connectivity index (χ0) is 20.3. The Balaban J connectivity index is 1.86. The number of carbonyl (C=O) groups is 1. The smallest absolute Gasteiger partial charge is 0.283 e. The number of urea groups is 1. The van der Waals surface area contributed by atoms with Gasteiger partial charge in [0, 0.05) is 0 Å². The molecule has 0 saturated carbocycles. The van der Waals surface area contributed by atoms with E-state index < -0.39 is 16.1 Å². The van der Waals surface area contributed by atoms with Crippen molar-refractivity contribution in [3.63, 3.8) is 0 Å². The number of hydrogen-bond donors (Lipinski definition) is 2. The van der Waals surface area contributed by atoms with E-state index >= 15 is 0 Å². The van der Waals surface area contributed by atoms with Crippen molar-refractivity contribution in [2.24, 2.45) is 0 Å². The third-order valence-corrected chi connectivity index (χ3v) is 6.85. The van der Waals surface area contributed by atoms with Crippen LogP contribution in [-0.2, 0) is 16.4 Å². The maximum Gasteiger partial charge on any atom is 0.334 e. The number of amides is 2. The van der Waals surface area contributed by atoms with Gasteiger partial charge in [0.1, 0.15) is 0 Å². The summed E-state index contributed by atoms with van der Waals surface area (Å²) in [5.41, 5.74) is 4.04. The first-order valence-electron chi connectivity index (χ1n) is 8.44. The summed E-state index contributed by atoms with van der Waals surface area (Å²) in [5, 5.41) is 2.71. The van der Waals surface area contributed by atoms with Crippen LogP contribution in [0.3, 0.4) is 0 Å². The Labute approximate surface area is 176 Å². The maximum absolute atomic E-state index is 12.6. The van der Waals surface area contributed by atoms with E-state index in [1.54, 1.807) is 12.1 Å². The summed E-state index contributed by atoms with van der Waals surface area (Å²) >= 11 is 4.42. The zero-order valence-electron chi connectivity index (χ0n) is 15.2. The van der Waals surface area contributed by atoms with Crippen LogP contribution in [-0.4, -0.2) is 19.4 Å². The molecule has 6 nitrogen and oxygen atoms in total. The van der Waals surface area contributed by atoms with Gasteiger partial charge in [-0.15, -0.1) is 0 Å². The summed E-state index contributed by atoms with van der Waals surface area (Å²) in [6.45, 7) is 3.98. The highest BCUT2D eigenvalue weighted by molar-refractivity contribution is 9.11. The highest BCUT2D eigenvalue weighted by atomic mass is 79.9. The molecule has 0 saturated heterocycles. The Morgan fingerprint density at radius 3 is 2.57 bits per heavy atom. The fraction of sp³-hybridized carbons (Fsp3) is 0.158. The number of aromatic nitrogens is 1. The minimum atomic E-state index is -4.01. The number of nitrogens with zero attached hydrogens (tertiary/aromatic N) is 1. The average Bonchev–Trinajstić information content (AvgIpc) is 3.05. The van der Waals surface area contributed by atoms with E-state index in [0.717, 1.165) is 26.0 Å². The summed E-state index contributed by atoms with van der Waals surface area (Å²) in [6.07, 6.45) is 2.18. The van der Waals surface area contributed by atoms with Crippen LogP contribution in [0.25, 0.3) is 11.1 Å². The lowest BCUT2D eigenvalue weighted by molar-refractivity contribution is 0.256. The Morgan fingerprint density at radius 1 is 1.18 bits per heavy atom. The number of nitrogens with one attached hydrogen (secondary N) is 2. The number of anilines is 1. The molecule has 0 atom stereocenters. The summed E-state index contributed by atoms with van der Waals surface area (Å²) < 4.78 is 28.0. The van der Waals surface area contributed by atoms with Crippen molar-refractivity contribution in [1.29, 1.82) is 0 Å². The van der Waals surface area contributed by atoms with E-state index in [4.69, 9.17) is 0 Å². The molecule has 0 fully saturated rings. The van der Waals surface area contributed by atoms with Gasteiger partial charge in [0.05, 0.1) is 14.9 Å². The normalized spacial score (nSPS) is 11.2. The summed E-state index contributed by atoms with van der Waals surface area (Å²) in [7, 11) is -4.01.